The Bertz CT molecular complexity index is 294. The van der Waals surface area contributed by atoms with Crippen molar-refractivity contribution in [2.45, 2.75) is 13.0 Å². The van der Waals surface area contributed by atoms with Crippen molar-refractivity contribution in [2.75, 3.05) is 31.2 Å². The zero-order chi connectivity index (χ0) is 9.97. The molecule has 14 heavy (non-hydrogen) atoms. The van der Waals surface area contributed by atoms with Gasteiger partial charge < -0.3 is 15.4 Å². The van der Waals surface area contributed by atoms with Crippen LogP contribution in [0.25, 0.3) is 0 Å². The first-order chi connectivity index (χ1) is 6.77. The fourth-order valence-corrected chi connectivity index (χ4v) is 2.37. The number of hydrogen-bond donors (Lipinski definition) is 1. The van der Waals surface area contributed by atoms with E-state index in [9.17, 15) is 0 Å². The highest BCUT2D eigenvalue weighted by Gasteiger charge is 2.15. The van der Waals surface area contributed by atoms with E-state index in [4.69, 9.17) is 10.5 Å². The van der Waals surface area contributed by atoms with Gasteiger partial charge in [0.15, 0.2) is 5.13 Å². The topological polar surface area (TPSA) is 51.4 Å². The van der Waals surface area contributed by atoms with Gasteiger partial charge in [-0.05, 0) is 6.92 Å². The molecule has 2 N–H and O–H groups in total. The van der Waals surface area contributed by atoms with Gasteiger partial charge in [-0.25, -0.2) is 4.98 Å². The molecule has 0 bridgehead atoms. The number of nitrogens with zero attached hydrogens (tertiary/aromatic N) is 2. The van der Waals surface area contributed by atoms with Gasteiger partial charge >= 0.3 is 0 Å². The summed E-state index contributed by atoms with van der Waals surface area (Å²) < 4.78 is 5.29. The second-order valence-corrected chi connectivity index (χ2v) is 4.28. The highest BCUT2D eigenvalue weighted by molar-refractivity contribution is 7.13. The minimum atomic E-state index is 0.0287. The Balaban J connectivity index is 2.07. The van der Waals surface area contributed by atoms with E-state index in [1.54, 1.807) is 11.3 Å². The molecule has 0 aliphatic carbocycles. The van der Waals surface area contributed by atoms with E-state index >= 15 is 0 Å². The molecule has 1 aromatic rings. The Labute approximate surface area is 87.7 Å². The molecule has 0 radical (unpaired) electrons. The molecule has 78 valence electrons. The Morgan fingerprint density at radius 1 is 1.57 bits per heavy atom. The number of anilines is 1. The number of aromatic nitrogens is 1. The van der Waals surface area contributed by atoms with Gasteiger partial charge in [-0.1, -0.05) is 0 Å². The van der Waals surface area contributed by atoms with E-state index in [1.807, 2.05) is 12.3 Å². The van der Waals surface area contributed by atoms with Crippen LogP contribution in [0.5, 0.6) is 0 Å². The van der Waals surface area contributed by atoms with Crippen molar-refractivity contribution >= 4 is 16.5 Å². The van der Waals surface area contributed by atoms with Crippen molar-refractivity contribution in [3.05, 3.63) is 11.1 Å². The van der Waals surface area contributed by atoms with Crippen molar-refractivity contribution < 1.29 is 4.74 Å². The molecule has 1 aliphatic heterocycles. The molecule has 1 aliphatic rings. The molecule has 0 saturated carbocycles. The van der Waals surface area contributed by atoms with Gasteiger partial charge in [0.25, 0.3) is 0 Å². The maximum atomic E-state index is 5.76. The highest BCUT2D eigenvalue weighted by Crippen LogP contribution is 2.23. The quantitative estimate of drug-likeness (QED) is 0.796. The smallest absolute Gasteiger partial charge is 0.185 e. The second kappa shape index (κ2) is 4.25. The van der Waals surface area contributed by atoms with Crippen molar-refractivity contribution in [1.82, 2.24) is 4.98 Å². The number of hydrogen-bond acceptors (Lipinski definition) is 5. The predicted molar refractivity (Wildman–Crippen MR) is 57.7 cm³/mol. The van der Waals surface area contributed by atoms with E-state index in [2.05, 4.69) is 9.88 Å². The average Bonchev–Trinajstić information content (AvgIpc) is 2.68. The summed E-state index contributed by atoms with van der Waals surface area (Å²) in [6.07, 6.45) is 0. The lowest BCUT2D eigenvalue weighted by atomic mass is 10.3. The average molecular weight is 213 g/mol. The molecule has 0 spiro atoms. The van der Waals surface area contributed by atoms with Crippen LogP contribution in [0.15, 0.2) is 5.38 Å². The molecule has 2 rings (SSSR count). The lowest BCUT2D eigenvalue weighted by Crippen LogP contribution is -2.36. The summed E-state index contributed by atoms with van der Waals surface area (Å²) in [5.74, 6) is 0. The summed E-state index contributed by atoms with van der Waals surface area (Å²) in [5, 5.41) is 3.11. The molecule has 5 heteroatoms. The minimum Gasteiger partial charge on any atom is -0.378 e. The van der Waals surface area contributed by atoms with Gasteiger partial charge in [-0.2, -0.15) is 0 Å². The van der Waals surface area contributed by atoms with Gasteiger partial charge in [0.1, 0.15) is 0 Å². The Morgan fingerprint density at radius 2 is 2.29 bits per heavy atom. The minimum absolute atomic E-state index is 0.0287. The normalized spacial score (nSPS) is 19.7. The highest BCUT2D eigenvalue weighted by atomic mass is 32.1. The molecule has 1 unspecified atom stereocenters. The SMILES string of the molecule is CC(N)c1csc(N2CCOCC2)n1. The summed E-state index contributed by atoms with van der Waals surface area (Å²) in [6, 6.07) is 0.0287. The molecule has 1 fully saturated rings. The van der Waals surface area contributed by atoms with Gasteiger partial charge in [0.05, 0.1) is 18.9 Å². The fraction of sp³-hybridized carbons (Fsp3) is 0.667. The number of thiazole rings is 1. The molecule has 0 amide bonds. The van der Waals surface area contributed by atoms with E-state index in [0.717, 1.165) is 37.1 Å². The van der Waals surface area contributed by atoms with Crippen molar-refractivity contribution in [3.63, 3.8) is 0 Å². The van der Waals surface area contributed by atoms with Crippen LogP contribution < -0.4 is 10.6 Å². The van der Waals surface area contributed by atoms with Crippen LogP contribution in [0.1, 0.15) is 18.7 Å². The third-order valence-corrected chi connectivity index (χ3v) is 3.18. The second-order valence-electron chi connectivity index (χ2n) is 3.44. The fourth-order valence-electron chi connectivity index (χ4n) is 1.39. The first-order valence-corrected chi connectivity index (χ1v) is 5.69. The van der Waals surface area contributed by atoms with E-state index in [-0.39, 0.29) is 6.04 Å². The van der Waals surface area contributed by atoms with E-state index in [1.165, 1.54) is 0 Å². The van der Waals surface area contributed by atoms with Crippen molar-refractivity contribution in [1.29, 1.82) is 0 Å². The van der Waals surface area contributed by atoms with Gasteiger partial charge in [0.2, 0.25) is 0 Å². The molecule has 2 heterocycles. The first-order valence-electron chi connectivity index (χ1n) is 4.81. The largest absolute Gasteiger partial charge is 0.378 e. The maximum absolute atomic E-state index is 5.76. The monoisotopic (exact) mass is 213 g/mol. The lowest BCUT2D eigenvalue weighted by Gasteiger charge is -2.26. The number of nitrogens with two attached hydrogens (primary N) is 1. The van der Waals surface area contributed by atoms with E-state index < -0.39 is 0 Å². The number of ether oxygens (including phenoxy) is 1. The van der Waals surface area contributed by atoms with Crippen molar-refractivity contribution in [3.8, 4) is 0 Å². The lowest BCUT2D eigenvalue weighted by molar-refractivity contribution is 0.122. The molecular weight excluding hydrogens is 198 g/mol. The Kier molecular flexibility index (Phi) is 3.00. The third kappa shape index (κ3) is 2.05. The summed E-state index contributed by atoms with van der Waals surface area (Å²) in [7, 11) is 0. The maximum Gasteiger partial charge on any atom is 0.185 e. The third-order valence-electron chi connectivity index (χ3n) is 2.26. The van der Waals surface area contributed by atoms with Crippen molar-refractivity contribution in [2.24, 2.45) is 5.73 Å². The predicted octanol–water partition coefficient (Wildman–Crippen LogP) is 0.999. The van der Waals surface area contributed by atoms with Crippen LogP contribution in [0.4, 0.5) is 5.13 Å². The number of morpholine rings is 1. The standard InChI is InChI=1S/C9H15N3OS/c1-7(10)8-6-14-9(11-8)12-2-4-13-5-3-12/h6-7H,2-5,10H2,1H3. The van der Waals surface area contributed by atoms with Gasteiger partial charge in [-0.15, -0.1) is 11.3 Å². The van der Waals surface area contributed by atoms with Crippen LogP contribution in [0.3, 0.4) is 0 Å². The molecule has 0 aromatic carbocycles. The van der Waals surface area contributed by atoms with Gasteiger partial charge in [0, 0.05) is 24.5 Å². The zero-order valence-corrected chi connectivity index (χ0v) is 9.09. The molecule has 1 saturated heterocycles. The van der Waals surface area contributed by atoms with Crippen LogP contribution in [0.2, 0.25) is 0 Å². The molecular formula is C9H15N3OS. The zero-order valence-electron chi connectivity index (χ0n) is 8.27. The van der Waals surface area contributed by atoms with Crippen LogP contribution >= 0.6 is 11.3 Å². The summed E-state index contributed by atoms with van der Waals surface area (Å²) in [6.45, 7) is 5.43. The molecule has 1 aromatic heterocycles. The molecule has 1 atom stereocenters. The van der Waals surface area contributed by atoms with Crippen LogP contribution in [-0.4, -0.2) is 31.3 Å². The Hall–Kier alpha value is -0.650. The van der Waals surface area contributed by atoms with Crippen LogP contribution in [-0.2, 0) is 4.74 Å². The first kappa shape index (κ1) is 9.89. The summed E-state index contributed by atoms with van der Waals surface area (Å²) in [5.41, 5.74) is 6.74. The Morgan fingerprint density at radius 3 is 2.86 bits per heavy atom. The summed E-state index contributed by atoms with van der Waals surface area (Å²) in [4.78, 5) is 6.75. The van der Waals surface area contributed by atoms with Crippen LogP contribution in [0, 0.1) is 0 Å². The number of rotatable bonds is 2. The van der Waals surface area contributed by atoms with E-state index in [0.29, 0.717) is 0 Å². The summed E-state index contributed by atoms with van der Waals surface area (Å²) >= 11 is 1.66. The van der Waals surface area contributed by atoms with Gasteiger partial charge in [-0.3, -0.25) is 0 Å². The molecule has 4 nitrogen and oxygen atoms in total.